The van der Waals surface area contributed by atoms with Gasteiger partial charge in [-0.15, -0.1) is 0 Å². The molecule has 1 heterocycles. The summed E-state index contributed by atoms with van der Waals surface area (Å²) in [5.74, 6) is -1.35. The van der Waals surface area contributed by atoms with Gasteiger partial charge in [-0.2, -0.15) is 0 Å². The number of hydrogen-bond acceptors (Lipinski definition) is 3. The molecule has 100 valence electrons. The van der Waals surface area contributed by atoms with Crippen molar-refractivity contribution in [1.29, 1.82) is 0 Å². The van der Waals surface area contributed by atoms with Crippen molar-refractivity contribution in [1.82, 2.24) is 4.98 Å². The number of para-hydroxylation sites is 2. The fourth-order valence-electron chi connectivity index (χ4n) is 2.04. The highest BCUT2D eigenvalue weighted by Crippen LogP contribution is 2.32. The number of nitrogens with zero attached hydrogens (tertiary/aromatic N) is 1. The van der Waals surface area contributed by atoms with E-state index in [4.69, 9.17) is 5.73 Å². The van der Waals surface area contributed by atoms with Gasteiger partial charge in [0.05, 0.1) is 23.1 Å². The standard InChI is InChI=1S/C15H11F2N3/c16-10-5-3-6-11(17)15(10)20-14-9-4-1-2-7-13(9)19-8-12(14)18/h1-8H,18H2,(H,19,20). The molecule has 20 heavy (non-hydrogen) atoms. The maximum absolute atomic E-state index is 13.7. The fourth-order valence-corrected chi connectivity index (χ4v) is 2.04. The molecule has 5 heteroatoms. The lowest BCUT2D eigenvalue weighted by molar-refractivity contribution is 0.591. The van der Waals surface area contributed by atoms with E-state index < -0.39 is 11.6 Å². The summed E-state index contributed by atoms with van der Waals surface area (Å²) in [6, 6.07) is 10.9. The molecular weight excluding hydrogens is 260 g/mol. The van der Waals surface area contributed by atoms with Crippen LogP contribution in [-0.2, 0) is 0 Å². The predicted octanol–water partition coefficient (Wildman–Crippen LogP) is 3.84. The quantitative estimate of drug-likeness (QED) is 0.744. The largest absolute Gasteiger partial charge is 0.396 e. The van der Waals surface area contributed by atoms with Gasteiger partial charge in [0, 0.05) is 5.39 Å². The lowest BCUT2D eigenvalue weighted by Gasteiger charge is -2.13. The highest BCUT2D eigenvalue weighted by molar-refractivity contribution is 5.98. The number of fused-ring (bicyclic) bond motifs is 1. The van der Waals surface area contributed by atoms with Gasteiger partial charge in [0.25, 0.3) is 0 Å². The van der Waals surface area contributed by atoms with Crippen LogP contribution in [0.4, 0.5) is 25.8 Å². The number of aromatic nitrogens is 1. The molecule has 0 radical (unpaired) electrons. The first-order valence-electron chi connectivity index (χ1n) is 6.01. The highest BCUT2D eigenvalue weighted by atomic mass is 19.1. The van der Waals surface area contributed by atoms with Crippen LogP contribution in [0.15, 0.2) is 48.7 Å². The summed E-state index contributed by atoms with van der Waals surface area (Å²) in [5, 5.41) is 3.44. The van der Waals surface area contributed by atoms with Gasteiger partial charge in [0.2, 0.25) is 0 Å². The van der Waals surface area contributed by atoms with Crippen LogP contribution in [0.3, 0.4) is 0 Å². The molecule has 0 unspecified atom stereocenters. The Morgan fingerprint density at radius 1 is 0.900 bits per heavy atom. The van der Waals surface area contributed by atoms with E-state index in [2.05, 4.69) is 10.3 Å². The van der Waals surface area contributed by atoms with Crippen molar-refractivity contribution in [2.45, 2.75) is 0 Å². The van der Waals surface area contributed by atoms with E-state index in [1.807, 2.05) is 12.1 Å². The molecule has 0 fully saturated rings. The van der Waals surface area contributed by atoms with E-state index in [1.54, 1.807) is 12.1 Å². The molecule has 0 aliphatic heterocycles. The van der Waals surface area contributed by atoms with E-state index in [0.717, 1.165) is 0 Å². The number of nitrogens with one attached hydrogen (secondary N) is 1. The van der Waals surface area contributed by atoms with Gasteiger partial charge in [-0.05, 0) is 18.2 Å². The Morgan fingerprint density at radius 3 is 2.35 bits per heavy atom. The van der Waals surface area contributed by atoms with Crippen molar-refractivity contribution < 1.29 is 8.78 Å². The van der Waals surface area contributed by atoms with Crippen molar-refractivity contribution >= 4 is 28.0 Å². The first-order chi connectivity index (χ1) is 9.66. The molecule has 0 spiro atoms. The molecule has 3 nitrogen and oxygen atoms in total. The van der Waals surface area contributed by atoms with Gasteiger partial charge < -0.3 is 11.1 Å². The van der Waals surface area contributed by atoms with Gasteiger partial charge in [-0.3, -0.25) is 4.98 Å². The Labute approximate surface area is 114 Å². The first-order valence-corrected chi connectivity index (χ1v) is 6.01. The fraction of sp³-hybridized carbons (Fsp3) is 0. The van der Waals surface area contributed by atoms with Crippen LogP contribution < -0.4 is 11.1 Å². The zero-order valence-corrected chi connectivity index (χ0v) is 10.4. The van der Waals surface area contributed by atoms with Crippen molar-refractivity contribution in [3.05, 3.63) is 60.3 Å². The van der Waals surface area contributed by atoms with E-state index >= 15 is 0 Å². The third-order valence-electron chi connectivity index (χ3n) is 3.02. The number of hydrogen-bond donors (Lipinski definition) is 2. The summed E-state index contributed by atoms with van der Waals surface area (Å²) >= 11 is 0. The van der Waals surface area contributed by atoms with E-state index in [1.165, 1.54) is 24.4 Å². The Morgan fingerprint density at radius 2 is 1.60 bits per heavy atom. The normalized spacial score (nSPS) is 10.7. The number of nitrogens with two attached hydrogens (primary N) is 1. The maximum atomic E-state index is 13.7. The SMILES string of the molecule is Nc1cnc2ccccc2c1Nc1c(F)cccc1F. The third-order valence-corrected chi connectivity index (χ3v) is 3.02. The summed E-state index contributed by atoms with van der Waals surface area (Å²) < 4.78 is 27.4. The number of pyridine rings is 1. The van der Waals surface area contributed by atoms with Crippen LogP contribution in [0.2, 0.25) is 0 Å². The molecule has 3 rings (SSSR count). The Hall–Kier alpha value is -2.69. The molecule has 0 bridgehead atoms. The number of anilines is 3. The summed E-state index contributed by atoms with van der Waals surface area (Å²) in [4.78, 5) is 4.18. The van der Waals surface area contributed by atoms with Crippen molar-refractivity contribution in [2.24, 2.45) is 0 Å². The summed E-state index contributed by atoms with van der Waals surface area (Å²) in [7, 11) is 0. The molecule has 0 saturated carbocycles. The zero-order valence-electron chi connectivity index (χ0n) is 10.4. The summed E-state index contributed by atoms with van der Waals surface area (Å²) in [6.07, 6.45) is 1.46. The lowest BCUT2D eigenvalue weighted by Crippen LogP contribution is -2.02. The van der Waals surface area contributed by atoms with Crippen molar-refractivity contribution in [3.8, 4) is 0 Å². The van der Waals surface area contributed by atoms with Crippen LogP contribution in [0.5, 0.6) is 0 Å². The van der Waals surface area contributed by atoms with E-state index in [0.29, 0.717) is 22.3 Å². The first kappa shape index (κ1) is 12.3. The van der Waals surface area contributed by atoms with E-state index in [-0.39, 0.29) is 5.69 Å². The lowest BCUT2D eigenvalue weighted by atomic mass is 10.1. The number of nitrogen functional groups attached to an aromatic ring is 1. The number of benzene rings is 2. The average molecular weight is 271 g/mol. The number of halogens is 2. The molecule has 3 N–H and O–H groups in total. The molecule has 0 aliphatic rings. The zero-order chi connectivity index (χ0) is 14.1. The molecule has 0 atom stereocenters. The van der Waals surface area contributed by atoms with Gasteiger partial charge in [0.1, 0.15) is 17.3 Å². The predicted molar refractivity (Wildman–Crippen MR) is 75.8 cm³/mol. The van der Waals surface area contributed by atoms with Crippen LogP contribution in [-0.4, -0.2) is 4.98 Å². The molecule has 3 aromatic rings. The average Bonchev–Trinajstić information content (AvgIpc) is 2.45. The van der Waals surface area contributed by atoms with Crippen molar-refractivity contribution in [2.75, 3.05) is 11.1 Å². The van der Waals surface area contributed by atoms with Crippen molar-refractivity contribution in [3.63, 3.8) is 0 Å². The molecule has 1 aromatic heterocycles. The minimum atomic E-state index is -0.676. The van der Waals surface area contributed by atoms with Gasteiger partial charge in [-0.25, -0.2) is 8.78 Å². The minimum absolute atomic E-state index is 0.226. The maximum Gasteiger partial charge on any atom is 0.149 e. The van der Waals surface area contributed by atoms with Gasteiger partial charge in [-0.1, -0.05) is 24.3 Å². The molecule has 0 aliphatic carbocycles. The van der Waals surface area contributed by atoms with Crippen LogP contribution in [0, 0.1) is 11.6 Å². The Kier molecular flexibility index (Phi) is 2.95. The third kappa shape index (κ3) is 2.03. The summed E-state index contributed by atoms with van der Waals surface area (Å²) in [6.45, 7) is 0. The summed E-state index contributed by atoms with van der Waals surface area (Å²) in [5.41, 5.74) is 7.10. The molecule has 0 saturated heterocycles. The molecule has 2 aromatic carbocycles. The monoisotopic (exact) mass is 271 g/mol. The second-order valence-electron chi connectivity index (χ2n) is 4.33. The van der Waals surface area contributed by atoms with Crippen LogP contribution >= 0.6 is 0 Å². The van der Waals surface area contributed by atoms with Gasteiger partial charge >= 0.3 is 0 Å². The van der Waals surface area contributed by atoms with Gasteiger partial charge in [0.15, 0.2) is 0 Å². The highest BCUT2D eigenvalue weighted by Gasteiger charge is 2.12. The van der Waals surface area contributed by atoms with Crippen LogP contribution in [0.1, 0.15) is 0 Å². The van der Waals surface area contributed by atoms with E-state index in [9.17, 15) is 8.78 Å². The van der Waals surface area contributed by atoms with Crippen LogP contribution in [0.25, 0.3) is 10.9 Å². The smallest absolute Gasteiger partial charge is 0.149 e. The Balaban J connectivity index is 2.18. The molecule has 0 amide bonds. The number of rotatable bonds is 2. The minimum Gasteiger partial charge on any atom is -0.396 e. The topological polar surface area (TPSA) is 50.9 Å². The Bertz CT molecular complexity index is 767. The molecular formula is C15H11F2N3. The second kappa shape index (κ2) is 4.77. The second-order valence-corrected chi connectivity index (χ2v) is 4.33.